The van der Waals surface area contributed by atoms with Gasteiger partial charge in [-0.05, 0) is 58.7 Å². The molecule has 0 saturated carbocycles. The number of thiophene rings is 1. The molecule has 2 aliphatic heterocycles. The van der Waals surface area contributed by atoms with Crippen molar-refractivity contribution in [3.8, 4) is 0 Å². The third-order valence-corrected chi connectivity index (χ3v) is 7.41. The average molecular weight is 487 g/mol. The molecule has 5 rings (SSSR count). The SMILES string of the molecule is O=C(CN1CCN(c2ccc(C(F)(F)F)cn2)CC1)N1CC=C(c2ccc3sccc3c2)CC1. The maximum Gasteiger partial charge on any atom is 0.417 e. The molecule has 0 aliphatic carbocycles. The molecule has 0 N–H and O–H groups in total. The fraction of sp³-hybridized carbons (Fsp3) is 0.360. The van der Waals surface area contributed by atoms with E-state index in [0.717, 1.165) is 18.7 Å². The summed E-state index contributed by atoms with van der Waals surface area (Å²) in [5.74, 6) is 0.651. The maximum absolute atomic E-state index is 12.9. The lowest BCUT2D eigenvalue weighted by Gasteiger charge is -2.36. The van der Waals surface area contributed by atoms with Crippen LogP contribution in [0.2, 0.25) is 0 Å². The van der Waals surface area contributed by atoms with Gasteiger partial charge < -0.3 is 9.80 Å². The van der Waals surface area contributed by atoms with Gasteiger partial charge in [-0.3, -0.25) is 9.69 Å². The number of hydrogen-bond donors (Lipinski definition) is 0. The zero-order valence-electron chi connectivity index (χ0n) is 18.6. The molecule has 1 fully saturated rings. The van der Waals surface area contributed by atoms with Crippen molar-refractivity contribution < 1.29 is 18.0 Å². The zero-order valence-corrected chi connectivity index (χ0v) is 19.4. The summed E-state index contributed by atoms with van der Waals surface area (Å²) >= 11 is 1.74. The van der Waals surface area contributed by atoms with Gasteiger partial charge >= 0.3 is 6.18 Å². The Bertz CT molecular complexity index is 1200. The van der Waals surface area contributed by atoms with Gasteiger partial charge in [0.2, 0.25) is 5.91 Å². The maximum atomic E-state index is 12.9. The predicted molar refractivity (Wildman–Crippen MR) is 129 cm³/mol. The molecule has 0 bridgehead atoms. The van der Waals surface area contributed by atoms with Crippen molar-refractivity contribution in [2.75, 3.05) is 50.7 Å². The Kier molecular flexibility index (Phi) is 6.31. The van der Waals surface area contributed by atoms with Gasteiger partial charge in [-0.2, -0.15) is 13.2 Å². The minimum absolute atomic E-state index is 0.115. The molecule has 178 valence electrons. The number of carbonyl (C=O) groups excluding carboxylic acids is 1. The van der Waals surface area contributed by atoms with Crippen LogP contribution in [0.25, 0.3) is 15.7 Å². The highest BCUT2D eigenvalue weighted by atomic mass is 32.1. The predicted octanol–water partition coefficient (Wildman–Crippen LogP) is 4.75. The largest absolute Gasteiger partial charge is 0.417 e. The number of anilines is 1. The fourth-order valence-corrected chi connectivity index (χ4v) is 5.26. The van der Waals surface area contributed by atoms with Crippen LogP contribution in [0.4, 0.5) is 19.0 Å². The second-order valence-electron chi connectivity index (χ2n) is 8.66. The molecule has 5 nitrogen and oxygen atoms in total. The first-order valence-electron chi connectivity index (χ1n) is 11.3. The van der Waals surface area contributed by atoms with Gasteiger partial charge in [-0.25, -0.2) is 4.98 Å². The van der Waals surface area contributed by atoms with Crippen molar-refractivity contribution in [2.45, 2.75) is 12.6 Å². The third kappa shape index (κ3) is 4.95. The standard InChI is InChI=1S/C25H25F3N4OS/c26-25(27,28)21-2-4-23(29-16-21)31-12-10-30(11-13-31)17-24(33)32-8-5-18(6-9-32)19-1-3-22-20(15-19)7-14-34-22/h1-5,7,14-16H,6,8-13,17H2. The molecular weight excluding hydrogens is 461 g/mol. The number of halogens is 3. The number of fused-ring (bicyclic) bond motifs is 1. The summed E-state index contributed by atoms with van der Waals surface area (Å²) in [6.45, 7) is 4.28. The summed E-state index contributed by atoms with van der Waals surface area (Å²) in [5, 5.41) is 3.36. The first kappa shape index (κ1) is 22.9. The minimum atomic E-state index is -4.38. The van der Waals surface area contributed by atoms with E-state index < -0.39 is 11.7 Å². The summed E-state index contributed by atoms with van der Waals surface area (Å²) in [5.41, 5.74) is 1.77. The molecule has 0 atom stereocenters. The smallest absolute Gasteiger partial charge is 0.354 e. The highest BCUT2D eigenvalue weighted by Crippen LogP contribution is 2.30. The lowest BCUT2D eigenvalue weighted by atomic mass is 9.98. The number of alkyl halides is 3. The summed E-state index contributed by atoms with van der Waals surface area (Å²) in [7, 11) is 0. The van der Waals surface area contributed by atoms with E-state index in [1.54, 1.807) is 11.3 Å². The number of carbonyl (C=O) groups is 1. The molecule has 4 heterocycles. The fourth-order valence-electron chi connectivity index (χ4n) is 4.49. The van der Waals surface area contributed by atoms with Crippen molar-refractivity contribution in [1.82, 2.24) is 14.8 Å². The number of pyridine rings is 1. The van der Waals surface area contributed by atoms with E-state index in [-0.39, 0.29) is 5.91 Å². The van der Waals surface area contributed by atoms with Crippen LogP contribution in [0.3, 0.4) is 0 Å². The molecule has 2 aromatic heterocycles. The van der Waals surface area contributed by atoms with Gasteiger partial charge in [-0.1, -0.05) is 12.1 Å². The molecule has 3 aromatic rings. The van der Waals surface area contributed by atoms with E-state index in [9.17, 15) is 18.0 Å². The van der Waals surface area contributed by atoms with Crippen LogP contribution in [0.5, 0.6) is 0 Å². The van der Waals surface area contributed by atoms with Crippen LogP contribution < -0.4 is 4.90 Å². The van der Waals surface area contributed by atoms with Crippen LogP contribution in [0.1, 0.15) is 17.5 Å². The van der Waals surface area contributed by atoms with E-state index in [1.807, 2.05) is 9.80 Å². The monoisotopic (exact) mass is 486 g/mol. The molecule has 9 heteroatoms. The number of piperazine rings is 1. The van der Waals surface area contributed by atoms with E-state index in [0.29, 0.717) is 51.6 Å². The number of benzene rings is 1. The van der Waals surface area contributed by atoms with Gasteiger partial charge in [0, 0.05) is 50.2 Å². The van der Waals surface area contributed by atoms with Crippen molar-refractivity contribution in [1.29, 1.82) is 0 Å². The number of amides is 1. The van der Waals surface area contributed by atoms with E-state index in [4.69, 9.17) is 0 Å². The van der Waals surface area contributed by atoms with E-state index in [2.05, 4.69) is 45.6 Å². The molecule has 1 amide bonds. The van der Waals surface area contributed by atoms with E-state index in [1.165, 1.54) is 27.3 Å². The Balaban J connectivity index is 1.12. The molecule has 34 heavy (non-hydrogen) atoms. The molecule has 0 spiro atoms. The lowest BCUT2D eigenvalue weighted by Crippen LogP contribution is -2.50. The summed E-state index contributed by atoms with van der Waals surface area (Å²) < 4.78 is 39.5. The Morgan fingerprint density at radius 1 is 1.03 bits per heavy atom. The molecular formula is C25H25F3N4OS. The second kappa shape index (κ2) is 9.38. The van der Waals surface area contributed by atoms with Gasteiger partial charge in [0.05, 0.1) is 12.1 Å². The van der Waals surface area contributed by atoms with Gasteiger partial charge in [-0.15, -0.1) is 11.3 Å². The topological polar surface area (TPSA) is 39.7 Å². The van der Waals surface area contributed by atoms with Crippen LogP contribution in [-0.2, 0) is 11.0 Å². The van der Waals surface area contributed by atoms with Crippen molar-refractivity contribution in [3.05, 3.63) is 65.2 Å². The average Bonchev–Trinajstić information content (AvgIpc) is 3.32. The molecule has 2 aliphatic rings. The molecule has 0 radical (unpaired) electrons. The van der Waals surface area contributed by atoms with Crippen molar-refractivity contribution >= 4 is 38.7 Å². The van der Waals surface area contributed by atoms with Crippen LogP contribution in [-0.4, -0.2) is 66.5 Å². The highest BCUT2D eigenvalue weighted by molar-refractivity contribution is 7.17. The Morgan fingerprint density at radius 3 is 2.53 bits per heavy atom. The van der Waals surface area contributed by atoms with Crippen molar-refractivity contribution in [3.63, 3.8) is 0 Å². The molecule has 1 aromatic carbocycles. The van der Waals surface area contributed by atoms with Crippen LogP contribution >= 0.6 is 11.3 Å². The van der Waals surface area contributed by atoms with E-state index >= 15 is 0 Å². The quantitative estimate of drug-likeness (QED) is 0.534. The summed E-state index contributed by atoms with van der Waals surface area (Å²) in [6.07, 6.45) is -0.508. The number of nitrogens with zero attached hydrogens (tertiary/aromatic N) is 4. The minimum Gasteiger partial charge on any atom is -0.354 e. The van der Waals surface area contributed by atoms with Gasteiger partial charge in [0.1, 0.15) is 5.82 Å². The van der Waals surface area contributed by atoms with Crippen molar-refractivity contribution in [2.24, 2.45) is 0 Å². The Hall–Kier alpha value is -2.91. The third-order valence-electron chi connectivity index (χ3n) is 6.52. The first-order valence-corrected chi connectivity index (χ1v) is 12.2. The van der Waals surface area contributed by atoms with Crippen LogP contribution in [0, 0.1) is 0 Å². The Labute approximate surface area is 200 Å². The second-order valence-corrected chi connectivity index (χ2v) is 9.61. The normalized spacial score (nSPS) is 17.8. The summed E-state index contributed by atoms with van der Waals surface area (Å²) in [6, 6.07) is 11.2. The van der Waals surface area contributed by atoms with Crippen LogP contribution in [0.15, 0.2) is 54.1 Å². The van der Waals surface area contributed by atoms with Gasteiger partial charge in [0.15, 0.2) is 0 Å². The molecule has 1 saturated heterocycles. The Morgan fingerprint density at radius 2 is 1.85 bits per heavy atom. The lowest BCUT2D eigenvalue weighted by molar-refractivity contribution is -0.137. The summed E-state index contributed by atoms with van der Waals surface area (Å²) in [4.78, 5) is 22.8. The number of hydrogen-bond acceptors (Lipinski definition) is 5. The van der Waals surface area contributed by atoms with Gasteiger partial charge in [0.25, 0.3) is 0 Å². The highest BCUT2D eigenvalue weighted by Gasteiger charge is 2.31. The molecule has 0 unspecified atom stereocenters. The number of aromatic nitrogens is 1. The number of rotatable bonds is 4. The zero-order chi connectivity index (χ0) is 23.7. The first-order chi connectivity index (χ1) is 16.4.